The summed E-state index contributed by atoms with van der Waals surface area (Å²) >= 11 is 1.22. The number of amides is 1. The summed E-state index contributed by atoms with van der Waals surface area (Å²) < 4.78 is 3.39. The first-order valence-corrected chi connectivity index (χ1v) is 11.8. The number of nitrogens with zero attached hydrogens (tertiary/aromatic N) is 5. The van der Waals surface area contributed by atoms with Crippen LogP contribution < -0.4 is 10.9 Å². The number of benzene rings is 3. The average molecular weight is 481 g/mol. The SMILES string of the molecule is Cc1ccc(C)c(-n2c(=O)c3ccccc3n3c(SCC(=O)Nc4cccc(C#N)c4)nnc23)c1. The Kier molecular flexibility index (Phi) is 5.81. The number of fused-ring (bicyclic) bond motifs is 3. The van der Waals surface area contributed by atoms with E-state index < -0.39 is 0 Å². The van der Waals surface area contributed by atoms with Crippen molar-refractivity contribution in [3.63, 3.8) is 0 Å². The summed E-state index contributed by atoms with van der Waals surface area (Å²) in [4.78, 5) is 26.1. The third-order valence-corrected chi connectivity index (χ3v) is 6.54. The molecule has 8 nitrogen and oxygen atoms in total. The van der Waals surface area contributed by atoms with Crippen LogP contribution in [0.2, 0.25) is 0 Å². The highest BCUT2D eigenvalue weighted by atomic mass is 32.2. The van der Waals surface area contributed by atoms with Gasteiger partial charge in [0, 0.05) is 5.69 Å². The smallest absolute Gasteiger partial charge is 0.267 e. The van der Waals surface area contributed by atoms with Gasteiger partial charge in [0.05, 0.1) is 34.0 Å². The number of rotatable bonds is 5. The Morgan fingerprint density at radius 2 is 1.89 bits per heavy atom. The standard InChI is InChI=1S/C26H20N6O2S/c1-16-10-11-17(2)22(12-16)31-24(34)20-8-3-4-9-21(20)32-25(31)29-30-26(32)35-15-23(33)28-19-7-5-6-18(13-19)14-27/h3-13H,15H2,1-2H3,(H,28,33). The Morgan fingerprint density at radius 1 is 1.06 bits per heavy atom. The molecule has 0 bridgehead atoms. The van der Waals surface area contributed by atoms with Gasteiger partial charge in [-0.3, -0.25) is 14.0 Å². The topological polar surface area (TPSA) is 105 Å². The van der Waals surface area contributed by atoms with Crippen LogP contribution in [-0.4, -0.2) is 30.8 Å². The van der Waals surface area contributed by atoms with Crippen LogP contribution >= 0.6 is 11.8 Å². The minimum Gasteiger partial charge on any atom is -0.325 e. The zero-order valence-corrected chi connectivity index (χ0v) is 19.8. The van der Waals surface area contributed by atoms with Gasteiger partial charge in [0.1, 0.15) is 0 Å². The van der Waals surface area contributed by atoms with Gasteiger partial charge >= 0.3 is 0 Å². The fourth-order valence-corrected chi connectivity index (χ4v) is 4.68. The van der Waals surface area contributed by atoms with Crippen LogP contribution in [0, 0.1) is 25.2 Å². The second-order valence-corrected chi connectivity index (χ2v) is 9.04. The van der Waals surface area contributed by atoms with Gasteiger partial charge in [-0.2, -0.15) is 5.26 Å². The largest absolute Gasteiger partial charge is 0.325 e. The van der Waals surface area contributed by atoms with E-state index in [-0.39, 0.29) is 17.2 Å². The zero-order chi connectivity index (χ0) is 24.5. The first-order chi connectivity index (χ1) is 17.0. The van der Waals surface area contributed by atoms with E-state index in [1.165, 1.54) is 11.8 Å². The van der Waals surface area contributed by atoms with Gasteiger partial charge in [0.2, 0.25) is 11.7 Å². The zero-order valence-electron chi connectivity index (χ0n) is 19.0. The summed E-state index contributed by atoms with van der Waals surface area (Å²) in [5, 5.41) is 21.6. The molecule has 0 atom stereocenters. The molecule has 0 saturated heterocycles. The van der Waals surface area contributed by atoms with Crippen molar-refractivity contribution in [1.29, 1.82) is 5.26 Å². The summed E-state index contributed by atoms with van der Waals surface area (Å²) in [5.74, 6) is 0.218. The monoisotopic (exact) mass is 480 g/mol. The Bertz CT molecular complexity index is 1710. The minimum atomic E-state index is -0.242. The maximum atomic E-state index is 13.5. The number of para-hydroxylation sites is 1. The second kappa shape index (κ2) is 9.08. The summed E-state index contributed by atoms with van der Waals surface area (Å²) in [6, 6.07) is 22.0. The van der Waals surface area contributed by atoms with Crippen molar-refractivity contribution in [2.75, 3.05) is 11.1 Å². The van der Waals surface area contributed by atoms with Crippen LogP contribution in [0.4, 0.5) is 5.69 Å². The third kappa shape index (κ3) is 4.16. The van der Waals surface area contributed by atoms with Crippen molar-refractivity contribution in [2.45, 2.75) is 19.0 Å². The van der Waals surface area contributed by atoms with Crippen molar-refractivity contribution in [2.24, 2.45) is 0 Å². The first kappa shape index (κ1) is 22.4. The van der Waals surface area contributed by atoms with Gasteiger partial charge in [-0.15, -0.1) is 10.2 Å². The summed E-state index contributed by atoms with van der Waals surface area (Å²) in [6.45, 7) is 3.92. The van der Waals surface area contributed by atoms with E-state index in [1.807, 2.05) is 54.6 Å². The van der Waals surface area contributed by atoms with Crippen LogP contribution in [0.15, 0.2) is 76.7 Å². The lowest BCUT2D eigenvalue weighted by atomic mass is 10.1. The van der Waals surface area contributed by atoms with E-state index in [0.29, 0.717) is 33.1 Å². The highest BCUT2D eigenvalue weighted by molar-refractivity contribution is 7.99. The Labute approximate surface area is 204 Å². The number of hydrogen-bond donors (Lipinski definition) is 1. The average Bonchev–Trinajstić information content (AvgIpc) is 3.29. The van der Waals surface area contributed by atoms with E-state index in [9.17, 15) is 9.59 Å². The Morgan fingerprint density at radius 3 is 2.71 bits per heavy atom. The van der Waals surface area contributed by atoms with Crippen LogP contribution in [0.3, 0.4) is 0 Å². The summed E-state index contributed by atoms with van der Waals surface area (Å²) in [7, 11) is 0. The molecule has 0 aliphatic rings. The number of anilines is 1. The molecule has 0 spiro atoms. The number of aromatic nitrogens is 4. The van der Waals surface area contributed by atoms with E-state index in [4.69, 9.17) is 5.26 Å². The van der Waals surface area contributed by atoms with Crippen LogP contribution in [0.5, 0.6) is 0 Å². The van der Waals surface area contributed by atoms with Crippen LogP contribution in [0.25, 0.3) is 22.4 Å². The molecule has 9 heteroatoms. The molecule has 1 N–H and O–H groups in total. The molecule has 0 aliphatic carbocycles. The number of nitriles is 1. The van der Waals surface area contributed by atoms with E-state index in [1.54, 1.807) is 34.9 Å². The lowest BCUT2D eigenvalue weighted by Crippen LogP contribution is -2.22. The molecule has 0 aliphatic heterocycles. The van der Waals surface area contributed by atoms with Crippen molar-refractivity contribution in [1.82, 2.24) is 19.2 Å². The summed E-state index contributed by atoms with van der Waals surface area (Å²) in [5.41, 5.74) is 4.21. The number of aryl methyl sites for hydroxylation is 2. The Hall–Kier alpha value is -4.42. The van der Waals surface area contributed by atoms with Crippen LogP contribution in [-0.2, 0) is 4.79 Å². The van der Waals surface area contributed by atoms with Crippen molar-refractivity contribution < 1.29 is 4.79 Å². The predicted molar refractivity (Wildman–Crippen MR) is 136 cm³/mol. The fraction of sp³-hybridized carbons (Fsp3) is 0.115. The predicted octanol–water partition coefficient (Wildman–Crippen LogP) is 4.25. The van der Waals surface area contributed by atoms with Gasteiger partial charge in [0.15, 0.2) is 5.16 Å². The molecule has 0 radical (unpaired) electrons. The summed E-state index contributed by atoms with van der Waals surface area (Å²) in [6.07, 6.45) is 0. The minimum absolute atomic E-state index is 0.0779. The maximum Gasteiger partial charge on any atom is 0.267 e. The highest BCUT2D eigenvalue weighted by Crippen LogP contribution is 2.25. The van der Waals surface area contributed by atoms with Gasteiger partial charge in [0.25, 0.3) is 5.56 Å². The molecule has 35 heavy (non-hydrogen) atoms. The van der Waals surface area contributed by atoms with E-state index >= 15 is 0 Å². The van der Waals surface area contributed by atoms with Gasteiger partial charge in [-0.1, -0.05) is 42.1 Å². The fourth-order valence-electron chi connectivity index (χ4n) is 3.94. The molecule has 3 aromatic carbocycles. The van der Waals surface area contributed by atoms with Gasteiger partial charge in [-0.25, -0.2) is 4.57 Å². The van der Waals surface area contributed by atoms with Gasteiger partial charge < -0.3 is 5.32 Å². The molecule has 2 heterocycles. The number of thioether (sulfide) groups is 1. The number of carbonyl (C=O) groups is 1. The molecule has 172 valence electrons. The lowest BCUT2D eigenvalue weighted by Gasteiger charge is -2.14. The number of hydrogen-bond acceptors (Lipinski definition) is 6. The van der Waals surface area contributed by atoms with Crippen molar-refractivity contribution >= 4 is 40.0 Å². The normalized spacial score (nSPS) is 11.0. The molecule has 5 aromatic rings. The van der Waals surface area contributed by atoms with Crippen molar-refractivity contribution in [3.8, 4) is 11.8 Å². The molecular formula is C26H20N6O2S. The number of carbonyl (C=O) groups excluding carboxylic acids is 1. The maximum absolute atomic E-state index is 13.5. The third-order valence-electron chi connectivity index (χ3n) is 5.61. The van der Waals surface area contributed by atoms with E-state index in [2.05, 4.69) is 21.6 Å². The molecular weight excluding hydrogens is 460 g/mol. The molecule has 1 amide bonds. The number of nitrogens with one attached hydrogen (secondary N) is 1. The molecule has 0 saturated carbocycles. The first-order valence-electron chi connectivity index (χ1n) is 10.9. The quantitative estimate of drug-likeness (QED) is 0.377. The lowest BCUT2D eigenvalue weighted by molar-refractivity contribution is -0.113. The molecule has 0 fully saturated rings. The highest BCUT2D eigenvalue weighted by Gasteiger charge is 2.19. The Balaban J connectivity index is 1.56. The van der Waals surface area contributed by atoms with E-state index in [0.717, 1.165) is 16.8 Å². The second-order valence-electron chi connectivity index (χ2n) is 8.10. The van der Waals surface area contributed by atoms with Crippen LogP contribution in [0.1, 0.15) is 16.7 Å². The molecule has 0 unspecified atom stereocenters. The van der Waals surface area contributed by atoms with Gasteiger partial charge in [-0.05, 0) is 61.4 Å². The van der Waals surface area contributed by atoms with Crippen molar-refractivity contribution in [3.05, 3.63) is 93.8 Å². The molecule has 5 rings (SSSR count). The molecule has 2 aromatic heterocycles.